The molecule has 0 aliphatic heterocycles. The number of nitrogens with one attached hydrogen (secondary N) is 2. The number of anilines is 2. The fraction of sp³-hybridized carbons (Fsp3) is 0.318. The van der Waals surface area contributed by atoms with Crippen LogP contribution in [0.25, 0.3) is 10.2 Å². The van der Waals surface area contributed by atoms with E-state index >= 15 is 0 Å². The van der Waals surface area contributed by atoms with Crippen molar-refractivity contribution in [2.45, 2.75) is 39.1 Å². The molecular weight excluding hydrogens is 434 g/mol. The summed E-state index contributed by atoms with van der Waals surface area (Å²) in [7, 11) is 0. The third-order valence-electron chi connectivity index (χ3n) is 4.79. The van der Waals surface area contributed by atoms with E-state index in [4.69, 9.17) is 4.74 Å². The van der Waals surface area contributed by atoms with E-state index in [0.717, 1.165) is 25.6 Å². The van der Waals surface area contributed by atoms with E-state index in [9.17, 15) is 14.4 Å². The lowest BCUT2D eigenvalue weighted by Crippen LogP contribution is -2.23. The maximum absolute atomic E-state index is 12.9. The molecule has 2 heterocycles. The molecule has 0 saturated heterocycles. The van der Waals surface area contributed by atoms with Gasteiger partial charge < -0.3 is 19.9 Å². The highest BCUT2D eigenvalue weighted by Gasteiger charge is 2.29. The highest BCUT2D eigenvalue weighted by molar-refractivity contribution is 7.98. The van der Waals surface area contributed by atoms with Gasteiger partial charge >= 0.3 is 5.97 Å². The number of thioether (sulfide) groups is 1. The summed E-state index contributed by atoms with van der Waals surface area (Å²) >= 11 is 3.06. The Hall–Kier alpha value is -2.78. The van der Waals surface area contributed by atoms with Gasteiger partial charge in [0, 0.05) is 27.8 Å². The largest absolute Gasteiger partial charge is 0.461 e. The molecule has 0 unspecified atom stereocenters. The van der Waals surface area contributed by atoms with E-state index in [0.29, 0.717) is 11.4 Å². The number of fused-ring (bicyclic) bond motifs is 1. The molecule has 0 fully saturated rings. The Kier molecular flexibility index (Phi) is 7.07. The lowest BCUT2D eigenvalue weighted by atomic mass is 10.2. The zero-order chi connectivity index (χ0) is 22.7. The van der Waals surface area contributed by atoms with Crippen LogP contribution in [0.2, 0.25) is 0 Å². The third kappa shape index (κ3) is 4.77. The van der Waals surface area contributed by atoms with Crippen molar-refractivity contribution in [1.29, 1.82) is 0 Å². The van der Waals surface area contributed by atoms with E-state index in [-0.39, 0.29) is 30.7 Å². The quantitative estimate of drug-likeness (QED) is 0.391. The Morgan fingerprint density at radius 2 is 1.94 bits per heavy atom. The van der Waals surface area contributed by atoms with Crippen molar-refractivity contribution < 1.29 is 19.1 Å². The number of esters is 1. The second-order valence-electron chi connectivity index (χ2n) is 6.95. The second kappa shape index (κ2) is 9.57. The summed E-state index contributed by atoms with van der Waals surface area (Å²) in [6.07, 6.45) is 1.97. The smallest absolute Gasteiger partial charge is 0.357 e. The van der Waals surface area contributed by atoms with Crippen molar-refractivity contribution in [2.24, 2.45) is 0 Å². The molecule has 164 valence electrons. The number of aryl methyl sites for hydroxylation is 2. The summed E-state index contributed by atoms with van der Waals surface area (Å²) in [6.45, 7) is 7.10. The summed E-state index contributed by atoms with van der Waals surface area (Å²) in [5.41, 5.74) is 2.20. The number of hydrogen-bond acceptors (Lipinski definition) is 6. The van der Waals surface area contributed by atoms with Gasteiger partial charge in [0.2, 0.25) is 11.8 Å². The minimum Gasteiger partial charge on any atom is -0.461 e. The van der Waals surface area contributed by atoms with Gasteiger partial charge in [0.05, 0.1) is 12.3 Å². The molecule has 0 bridgehead atoms. The molecule has 0 saturated carbocycles. The van der Waals surface area contributed by atoms with E-state index in [1.165, 1.54) is 18.3 Å². The first-order valence-electron chi connectivity index (χ1n) is 9.77. The topological polar surface area (TPSA) is 89.4 Å². The maximum Gasteiger partial charge on any atom is 0.357 e. The lowest BCUT2D eigenvalue weighted by molar-refractivity contribution is -0.116. The Morgan fingerprint density at radius 3 is 2.58 bits per heavy atom. The van der Waals surface area contributed by atoms with Crippen molar-refractivity contribution >= 4 is 62.5 Å². The van der Waals surface area contributed by atoms with Gasteiger partial charge in [-0.05, 0) is 50.8 Å². The lowest BCUT2D eigenvalue weighted by Gasteiger charge is -2.12. The van der Waals surface area contributed by atoms with Gasteiger partial charge in [0.25, 0.3) is 0 Å². The summed E-state index contributed by atoms with van der Waals surface area (Å²) in [5.74, 6) is -1.16. The number of hydrogen-bond donors (Lipinski definition) is 2. The van der Waals surface area contributed by atoms with E-state index in [1.807, 2.05) is 44.4 Å². The van der Waals surface area contributed by atoms with Gasteiger partial charge in [-0.25, -0.2) is 4.79 Å². The average molecular weight is 460 g/mol. The number of benzene rings is 1. The first kappa shape index (κ1) is 22.9. The molecule has 0 spiro atoms. The Morgan fingerprint density at radius 1 is 1.19 bits per heavy atom. The van der Waals surface area contributed by atoms with Crippen LogP contribution in [0.15, 0.2) is 29.2 Å². The molecule has 0 aliphatic rings. The summed E-state index contributed by atoms with van der Waals surface area (Å²) in [5, 5.41) is 6.43. The van der Waals surface area contributed by atoms with Crippen molar-refractivity contribution in [2.75, 3.05) is 23.5 Å². The van der Waals surface area contributed by atoms with Gasteiger partial charge in [0.1, 0.15) is 11.4 Å². The summed E-state index contributed by atoms with van der Waals surface area (Å²) < 4.78 is 6.89. The number of carbonyl (C=O) groups excluding carboxylic acids is 3. The fourth-order valence-electron chi connectivity index (χ4n) is 3.35. The molecular formula is C22H25N3O4S2. The molecule has 2 aromatic heterocycles. The highest BCUT2D eigenvalue weighted by Crippen LogP contribution is 2.40. The van der Waals surface area contributed by atoms with Crippen molar-refractivity contribution in [3.8, 4) is 0 Å². The van der Waals surface area contributed by atoms with Crippen molar-refractivity contribution in [3.05, 3.63) is 40.4 Å². The van der Waals surface area contributed by atoms with Gasteiger partial charge in [-0.2, -0.15) is 0 Å². The molecule has 0 radical (unpaired) electrons. The Balaban J connectivity index is 2.07. The minimum atomic E-state index is -0.580. The first-order valence-corrected chi connectivity index (χ1v) is 11.8. The standard InChI is InChI=1S/C22H25N3O4S2/c1-6-29-22(28)20-19(23-14(4)26)18-12(2)13(3)31-21(18)25(20)11-17(27)24-15-8-7-9-16(10-15)30-5/h7-10H,6,11H2,1-5H3,(H,23,26)(H,24,27). The van der Waals surface area contributed by atoms with Crippen LogP contribution in [0, 0.1) is 13.8 Å². The van der Waals surface area contributed by atoms with Crippen LogP contribution < -0.4 is 10.6 Å². The van der Waals surface area contributed by atoms with E-state index in [2.05, 4.69) is 10.6 Å². The molecule has 2 N–H and O–H groups in total. The number of amides is 2. The van der Waals surface area contributed by atoms with E-state index < -0.39 is 5.97 Å². The predicted octanol–water partition coefficient (Wildman–Crippen LogP) is 4.82. The zero-order valence-corrected chi connectivity index (χ0v) is 19.8. The number of thiophene rings is 1. The van der Waals surface area contributed by atoms with Crippen molar-refractivity contribution in [1.82, 2.24) is 4.57 Å². The molecule has 31 heavy (non-hydrogen) atoms. The first-order chi connectivity index (χ1) is 14.8. The van der Waals surface area contributed by atoms with Gasteiger partial charge in [0.15, 0.2) is 5.69 Å². The monoisotopic (exact) mass is 459 g/mol. The minimum absolute atomic E-state index is 0.0902. The number of ether oxygens (including phenoxy) is 1. The molecule has 1 aromatic carbocycles. The number of nitrogens with zero attached hydrogens (tertiary/aromatic N) is 1. The molecule has 3 rings (SSSR count). The van der Waals surface area contributed by atoms with Crippen LogP contribution in [0.3, 0.4) is 0 Å². The van der Waals surface area contributed by atoms with Gasteiger partial charge in [-0.1, -0.05) is 6.07 Å². The fourth-order valence-corrected chi connectivity index (χ4v) is 4.98. The molecule has 0 atom stereocenters. The molecule has 7 nitrogen and oxygen atoms in total. The van der Waals surface area contributed by atoms with Crippen LogP contribution >= 0.6 is 23.1 Å². The molecule has 3 aromatic rings. The van der Waals surface area contributed by atoms with Gasteiger partial charge in [-0.15, -0.1) is 23.1 Å². The number of aromatic nitrogens is 1. The Bertz CT molecular complexity index is 1160. The molecule has 2 amide bonds. The number of rotatable bonds is 7. The number of carbonyl (C=O) groups is 3. The summed E-state index contributed by atoms with van der Waals surface area (Å²) in [4.78, 5) is 40.5. The van der Waals surface area contributed by atoms with Crippen LogP contribution in [0.1, 0.15) is 34.8 Å². The normalized spacial score (nSPS) is 10.9. The van der Waals surface area contributed by atoms with Crippen molar-refractivity contribution in [3.63, 3.8) is 0 Å². The third-order valence-corrected chi connectivity index (χ3v) is 6.75. The zero-order valence-electron chi connectivity index (χ0n) is 18.1. The van der Waals surface area contributed by atoms with Crippen LogP contribution in [-0.2, 0) is 20.9 Å². The summed E-state index contributed by atoms with van der Waals surface area (Å²) in [6, 6.07) is 7.55. The van der Waals surface area contributed by atoms with Crippen LogP contribution in [0.4, 0.5) is 11.4 Å². The Labute approximate surface area is 189 Å². The van der Waals surface area contributed by atoms with E-state index in [1.54, 1.807) is 23.3 Å². The molecule has 9 heteroatoms. The second-order valence-corrected chi connectivity index (χ2v) is 9.04. The SMILES string of the molecule is CCOC(=O)c1c(NC(C)=O)c2c(C)c(C)sc2n1CC(=O)Nc1cccc(SC)c1. The predicted molar refractivity (Wildman–Crippen MR) is 126 cm³/mol. The average Bonchev–Trinajstić information content (AvgIpc) is 3.16. The van der Waals surface area contributed by atoms with Crippen LogP contribution in [-0.4, -0.2) is 35.2 Å². The highest BCUT2D eigenvalue weighted by atomic mass is 32.2. The molecule has 0 aliphatic carbocycles. The van der Waals surface area contributed by atoms with Crippen LogP contribution in [0.5, 0.6) is 0 Å². The van der Waals surface area contributed by atoms with Gasteiger partial charge in [-0.3, -0.25) is 9.59 Å². The maximum atomic E-state index is 12.9.